The van der Waals surface area contributed by atoms with Crippen LogP contribution in [0.25, 0.3) is 99.5 Å². The molecule has 2 nitrogen and oxygen atoms in total. The molecule has 9 aromatic carbocycles. The van der Waals surface area contributed by atoms with Gasteiger partial charge in [-0.3, -0.25) is 0 Å². The van der Waals surface area contributed by atoms with E-state index >= 15 is 0 Å². The van der Waals surface area contributed by atoms with Crippen molar-refractivity contribution in [1.82, 2.24) is 9.13 Å². The average Bonchev–Trinajstić information content (AvgIpc) is 4.07. The molecule has 0 spiro atoms. The number of hydrogen-bond acceptors (Lipinski definition) is 0. The fourth-order valence-corrected chi connectivity index (χ4v) is 12.4. The third kappa shape index (κ3) is 4.53. The number of nitrogens with zero attached hydrogens (tertiary/aromatic N) is 2. The smallest absolute Gasteiger partial charge is 0.0548 e. The van der Waals surface area contributed by atoms with Crippen molar-refractivity contribution in [3.8, 4) is 55.9 Å². The zero-order valence-electron chi connectivity index (χ0n) is 35.9. The van der Waals surface area contributed by atoms with Crippen LogP contribution in [0.15, 0.2) is 182 Å². The Morgan fingerprint density at radius 1 is 0.349 bits per heavy atom. The monoisotopic (exact) mass is 804 g/mol. The van der Waals surface area contributed by atoms with Crippen molar-refractivity contribution >= 4 is 43.6 Å². The van der Waals surface area contributed by atoms with E-state index in [4.69, 9.17) is 0 Å². The number of benzene rings is 9. The summed E-state index contributed by atoms with van der Waals surface area (Å²) in [6.07, 6.45) is 0.932. The molecule has 2 heterocycles. The second-order valence-electron chi connectivity index (χ2n) is 19.2. The molecule has 0 fully saturated rings. The second-order valence-corrected chi connectivity index (χ2v) is 19.2. The molecule has 0 aliphatic heterocycles. The molecule has 3 aliphatic rings. The average molecular weight is 805 g/mol. The van der Waals surface area contributed by atoms with Crippen molar-refractivity contribution in [2.75, 3.05) is 0 Å². The van der Waals surface area contributed by atoms with Gasteiger partial charge in [0.25, 0.3) is 0 Å². The molecule has 0 bridgehead atoms. The standard InChI is InChI=1S/C61H44N2/c1-60(2)50-21-11-7-17-41(50)43-27-25-37(32-52(43)60)47-33-39(34-49-40-16-6-5-15-36(40)31-48(47)49)63-55-24-14-10-20-46(55)59-57(63)30-29-56-58(59)45-19-9-13-23-54(45)62(56)38-26-28-44-42-18-8-12-22-51(42)61(3,4)53(44)35-38/h5-30,32-35H,31H2,1-4H3. The zero-order valence-corrected chi connectivity index (χ0v) is 35.9. The van der Waals surface area contributed by atoms with Crippen LogP contribution in [0, 0.1) is 0 Å². The minimum absolute atomic E-state index is 0.0793. The Morgan fingerprint density at radius 3 is 1.49 bits per heavy atom. The predicted octanol–water partition coefficient (Wildman–Crippen LogP) is 15.7. The van der Waals surface area contributed by atoms with E-state index in [2.05, 4.69) is 219 Å². The Balaban J connectivity index is 1.02. The molecule has 14 rings (SSSR count). The summed E-state index contributed by atoms with van der Waals surface area (Å²) in [5.74, 6) is 0. The lowest BCUT2D eigenvalue weighted by Crippen LogP contribution is -2.15. The maximum atomic E-state index is 2.54. The van der Waals surface area contributed by atoms with Crippen LogP contribution in [0.5, 0.6) is 0 Å². The maximum absolute atomic E-state index is 2.54. The maximum Gasteiger partial charge on any atom is 0.0548 e. The highest BCUT2D eigenvalue weighted by Gasteiger charge is 2.37. The SMILES string of the molecule is CC1(C)c2ccccc2-c2ccc(-c3cc(-n4c5ccccc5c5c6c7ccccc7n(-c7ccc8c(c7)C(C)(C)c7ccccc7-8)c6ccc54)cc4c3Cc3ccccc3-4)cc21. The van der Waals surface area contributed by atoms with Crippen molar-refractivity contribution in [2.45, 2.75) is 44.9 Å². The first kappa shape index (κ1) is 35.2. The van der Waals surface area contributed by atoms with E-state index in [-0.39, 0.29) is 10.8 Å². The summed E-state index contributed by atoms with van der Waals surface area (Å²) in [5.41, 5.74) is 26.2. The summed E-state index contributed by atoms with van der Waals surface area (Å²) < 4.78 is 5.05. The number of hydrogen-bond donors (Lipinski definition) is 0. The van der Waals surface area contributed by atoms with E-state index in [9.17, 15) is 0 Å². The van der Waals surface area contributed by atoms with Crippen molar-refractivity contribution in [1.29, 1.82) is 0 Å². The van der Waals surface area contributed by atoms with Crippen LogP contribution in [0.2, 0.25) is 0 Å². The van der Waals surface area contributed by atoms with Gasteiger partial charge in [-0.2, -0.15) is 0 Å². The van der Waals surface area contributed by atoms with Crippen LogP contribution < -0.4 is 0 Å². The largest absolute Gasteiger partial charge is 0.309 e. The number of fused-ring (bicyclic) bond motifs is 16. The normalized spacial score (nSPS) is 14.9. The van der Waals surface area contributed by atoms with Crippen molar-refractivity contribution in [3.05, 3.63) is 215 Å². The molecule has 2 aromatic heterocycles. The predicted molar refractivity (Wildman–Crippen MR) is 264 cm³/mol. The Bertz CT molecular complexity index is 3830. The van der Waals surface area contributed by atoms with Crippen LogP contribution >= 0.6 is 0 Å². The highest BCUT2D eigenvalue weighted by Crippen LogP contribution is 2.53. The van der Waals surface area contributed by atoms with E-state index in [1.165, 1.54) is 133 Å². The molecule has 63 heavy (non-hydrogen) atoms. The van der Waals surface area contributed by atoms with Gasteiger partial charge in [0.15, 0.2) is 0 Å². The van der Waals surface area contributed by atoms with Gasteiger partial charge in [-0.05, 0) is 139 Å². The molecule has 0 saturated carbocycles. The van der Waals surface area contributed by atoms with Crippen molar-refractivity contribution in [3.63, 3.8) is 0 Å². The topological polar surface area (TPSA) is 9.86 Å². The van der Waals surface area contributed by atoms with Crippen LogP contribution in [-0.4, -0.2) is 9.13 Å². The lowest BCUT2D eigenvalue weighted by atomic mass is 9.81. The first-order chi connectivity index (χ1) is 30.8. The summed E-state index contributed by atoms with van der Waals surface area (Å²) in [7, 11) is 0. The van der Waals surface area contributed by atoms with E-state index in [1.807, 2.05) is 0 Å². The van der Waals surface area contributed by atoms with Gasteiger partial charge in [0.05, 0.1) is 22.1 Å². The van der Waals surface area contributed by atoms with Gasteiger partial charge in [-0.1, -0.05) is 155 Å². The highest BCUT2D eigenvalue weighted by molar-refractivity contribution is 6.29. The minimum Gasteiger partial charge on any atom is -0.309 e. The molecule has 0 unspecified atom stereocenters. The Kier molecular flexibility index (Phi) is 6.79. The summed E-state index contributed by atoms with van der Waals surface area (Å²) in [5, 5.41) is 5.14. The number of para-hydroxylation sites is 2. The third-order valence-electron chi connectivity index (χ3n) is 15.4. The van der Waals surface area contributed by atoms with E-state index in [1.54, 1.807) is 0 Å². The molecule has 0 atom stereocenters. The summed E-state index contributed by atoms with van der Waals surface area (Å²) in [6, 6.07) is 69.1. The molecule has 0 saturated heterocycles. The number of rotatable bonds is 3. The Morgan fingerprint density at radius 2 is 0.841 bits per heavy atom. The van der Waals surface area contributed by atoms with Crippen LogP contribution in [0.4, 0.5) is 0 Å². The molecule has 0 radical (unpaired) electrons. The lowest BCUT2D eigenvalue weighted by molar-refractivity contribution is 0.660. The lowest BCUT2D eigenvalue weighted by Gasteiger charge is -2.22. The molecule has 298 valence electrons. The molecule has 2 heteroatoms. The third-order valence-corrected chi connectivity index (χ3v) is 15.4. The van der Waals surface area contributed by atoms with Gasteiger partial charge in [0.1, 0.15) is 0 Å². The van der Waals surface area contributed by atoms with Crippen LogP contribution in [-0.2, 0) is 17.3 Å². The van der Waals surface area contributed by atoms with E-state index in [0.29, 0.717) is 0 Å². The van der Waals surface area contributed by atoms with Gasteiger partial charge in [0.2, 0.25) is 0 Å². The Labute approximate surface area is 367 Å². The van der Waals surface area contributed by atoms with Gasteiger partial charge in [-0.25, -0.2) is 0 Å². The molecule has 0 N–H and O–H groups in total. The van der Waals surface area contributed by atoms with Crippen LogP contribution in [0.1, 0.15) is 61.1 Å². The number of aromatic nitrogens is 2. The molecule has 0 amide bonds. The quantitative estimate of drug-likeness (QED) is 0.168. The van der Waals surface area contributed by atoms with Crippen molar-refractivity contribution < 1.29 is 0 Å². The first-order valence-electron chi connectivity index (χ1n) is 22.5. The van der Waals surface area contributed by atoms with E-state index in [0.717, 1.165) is 6.42 Å². The minimum atomic E-state index is -0.0857. The molecular formula is C61H44N2. The Hall–Kier alpha value is -7.42. The first-order valence-corrected chi connectivity index (χ1v) is 22.5. The van der Waals surface area contributed by atoms with Gasteiger partial charge in [-0.15, -0.1) is 0 Å². The molecule has 3 aliphatic carbocycles. The highest BCUT2D eigenvalue weighted by atomic mass is 15.0. The second kappa shape index (κ2) is 12.1. The fraction of sp³-hybridized carbons (Fsp3) is 0.115. The fourth-order valence-electron chi connectivity index (χ4n) is 12.4. The van der Waals surface area contributed by atoms with Gasteiger partial charge < -0.3 is 9.13 Å². The summed E-state index contributed by atoms with van der Waals surface area (Å²) >= 11 is 0. The summed E-state index contributed by atoms with van der Waals surface area (Å²) in [6.45, 7) is 9.52. The summed E-state index contributed by atoms with van der Waals surface area (Å²) in [4.78, 5) is 0. The molecular weight excluding hydrogens is 761 g/mol. The van der Waals surface area contributed by atoms with Gasteiger partial charge >= 0.3 is 0 Å². The van der Waals surface area contributed by atoms with Crippen molar-refractivity contribution in [2.24, 2.45) is 0 Å². The van der Waals surface area contributed by atoms with E-state index < -0.39 is 0 Å². The van der Waals surface area contributed by atoms with Gasteiger partial charge in [0, 0.05) is 43.7 Å². The van der Waals surface area contributed by atoms with Crippen LogP contribution in [0.3, 0.4) is 0 Å². The molecule has 11 aromatic rings. The zero-order chi connectivity index (χ0) is 41.9.